The van der Waals surface area contributed by atoms with Crippen LogP contribution in [0.5, 0.6) is 0 Å². The van der Waals surface area contributed by atoms with Crippen molar-refractivity contribution >= 4 is 16.8 Å². The van der Waals surface area contributed by atoms with Crippen LogP contribution in [0.4, 0.5) is 4.39 Å². The summed E-state index contributed by atoms with van der Waals surface area (Å²) in [6.45, 7) is 1.82. The van der Waals surface area contributed by atoms with Crippen LogP contribution in [-0.2, 0) is 0 Å². The van der Waals surface area contributed by atoms with Gasteiger partial charge in [-0.1, -0.05) is 0 Å². The molecule has 2 atom stereocenters. The summed E-state index contributed by atoms with van der Waals surface area (Å²) in [7, 11) is 1.71. The summed E-state index contributed by atoms with van der Waals surface area (Å²) in [4.78, 5) is 17.1. The van der Waals surface area contributed by atoms with Crippen molar-refractivity contribution in [1.82, 2.24) is 9.88 Å². The first kappa shape index (κ1) is 14.1. The van der Waals surface area contributed by atoms with Gasteiger partial charge in [0.1, 0.15) is 11.5 Å². The molecule has 1 aliphatic rings. The first-order chi connectivity index (χ1) is 9.97. The molecule has 0 radical (unpaired) electrons. The number of carbonyl (C=O) groups is 1. The molecule has 4 nitrogen and oxygen atoms in total. The van der Waals surface area contributed by atoms with Gasteiger partial charge in [-0.3, -0.25) is 4.79 Å². The minimum Gasteiger partial charge on any atom is -0.391 e. The van der Waals surface area contributed by atoms with Crippen molar-refractivity contribution in [3.63, 3.8) is 0 Å². The second kappa shape index (κ2) is 5.15. The number of fused-ring (bicyclic) bond motifs is 1. The number of aromatic nitrogens is 1. The third-order valence-electron chi connectivity index (χ3n) is 4.40. The fraction of sp³-hybridized carbons (Fsp3) is 0.438. The molecule has 1 amide bonds. The monoisotopic (exact) mass is 290 g/mol. The lowest BCUT2D eigenvalue weighted by atomic mass is 10.1. The lowest BCUT2D eigenvalue weighted by molar-refractivity contribution is 0.0534. The van der Waals surface area contributed by atoms with Crippen molar-refractivity contribution in [1.29, 1.82) is 0 Å². The molecule has 0 unspecified atom stereocenters. The fourth-order valence-electron chi connectivity index (χ4n) is 3.20. The van der Waals surface area contributed by atoms with E-state index in [2.05, 4.69) is 4.98 Å². The lowest BCUT2D eigenvalue weighted by Gasteiger charge is -2.26. The maximum atomic E-state index is 13.4. The number of aromatic amines is 1. The largest absolute Gasteiger partial charge is 0.391 e. The molecule has 0 bridgehead atoms. The van der Waals surface area contributed by atoms with Gasteiger partial charge >= 0.3 is 0 Å². The number of likely N-dealkylation sites (N-methyl/N-ethyl adjacent to an activating group) is 1. The van der Waals surface area contributed by atoms with Crippen molar-refractivity contribution in [2.24, 2.45) is 0 Å². The average Bonchev–Trinajstić information content (AvgIpc) is 3.03. The van der Waals surface area contributed by atoms with Gasteiger partial charge in [0.05, 0.1) is 12.1 Å². The Kier molecular flexibility index (Phi) is 3.45. The molecule has 1 fully saturated rings. The summed E-state index contributed by atoms with van der Waals surface area (Å²) in [5, 5.41) is 10.8. The van der Waals surface area contributed by atoms with Gasteiger partial charge in [0.15, 0.2) is 0 Å². The molecule has 5 heteroatoms. The van der Waals surface area contributed by atoms with E-state index in [1.807, 2.05) is 6.92 Å². The van der Waals surface area contributed by atoms with Gasteiger partial charge in [0, 0.05) is 18.0 Å². The van der Waals surface area contributed by atoms with Gasteiger partial charge in [0.25, 0.3) is 5.91 Å². The van der Waals surface area contributed by atoms with Crippen LogP contribution in [0, 0.1) is 12.7 Å². The van der Waals surface area contributed by atoms with E-state index in [-0.39, 0.29) is 17.8 Å². The van der Waals surface area contributed by atoms with Crippen LogP contribution in [0.25, 0.3) is 10.9 Å². The Bertz CT molecular complexity index is 695. The molecular weight excluding hydrogens is 271 g/mol. The molecule has 3 rings (SSSR count). The Morgan fingerprint density at radius 2 is 2.14 bits per heavy atom. The number of rotatable bonds is 2. The Morgan fingerprint density at radius 1 is 1.38 bits per heavy atom. The number of H-pyrrole nitrogens is 1. The number of aryl methyl sites for hydroxylation is 1. The third-order valence-corrected chi connectivity index (χ3v) is 4.40. The van der Waals surface area contributed by atoms with Crippen LogP contribution in [-0.4, -0.2) is 40.1 Å². The predicted octanol–water partition coefficient (Wildman–Crippen LogP) is 2.60. The number of hydrogen-bond acceptors (Lipinski definition) is 2. The summed E-state index contributed by atoms with van der Waals surface area (Å²) in [5.41, 5.74) is 1.85. The molecule has 0 aliphatic heterocycles. The Balaban J connectivity index is 1.92. The Hall–Kier alpha value is -1.88. The van der Waals surface area contributed by atoms with E-state index in [4.69, 9.17) is 0 Å². The molecule has 0 saturated heterocycles. The molecule has 21 heavy (non-hydrogen) atoms. The molecule has 1 aliphatic carbocycles. The zero-order chi connectivity index (χ0) is 15.1. The molecule has 2 aromatic rings. The maximum Gasteiger partial charge on any atom is 0.270 e. The summed E-state index contributed by atoms with van der Waals surface area (Å²) in [5.74, 6) is -0.489. The van der Waals surface area contributed by atoms with Crippen LogP contribution in [0.3, 0.4) is 0 Å². The molecule has 0 spiro atoms. The minimum absolute atomic E-state index is 0.137. The van der Waals surface area contributed by atoms with Crippen LogP contribution in [0.15, 0.2) is 18.2 Å². The number of amides is 1. The summed E-state index contributed by atoms with van der Waals surface area (Å²) >= 11 is 0. The summed E-state index contributed by atoms with van der Waals surface area (Å²) in [6, 6.07) is 4.46. The number of benzene rings is 1. The van der Waals surface area contributed by atoms with Gasteiger partial charge < -0.3 is 15.0 Å². The van der Waals surface area contributed by atoms with Crippen molar-refractivity contribution in [2.75, 3.05) is 7.05 Å². The SMILES string of the molecule is Cc1cc(F)cc2[nH]c(C(=O)N(C)[C@@H]3CCC[C@H]3O)cc12. The highest BCUT2D eigenvalue weighted by Gasteiger charge is 2.32. The van der Waals surface area contributed by atoms with Crippen LogP contribution in [0.2, 0.25) is 0 Å². The van der Waals surface area contributed by atoms with Gasteiger partial charge in [-0.2, -0.15) is 0 Å². The first-order valence-corrected chi connectivity index (χ1v) is 7.21. The van der Waals surface area contributed by atoms with Crippen molar-refractivity contribution in [2.45, 2.75) is 38.3 Å². The number of halogens is 1. The highest BCUT2D eigenvalue weighted by atomic mass is 19.1. The normalized spacial score (nSPS) is 21.9. The second-order valence-electron chi connectivity index (χ2n) is 5.85. The summed E-state index contributed by atoms with van der Waals surface area (Å²) in [6.07, 6.45) is 2.03. The predicted molar refractivity (Wildman–Crippen MR) is 78.7 cm³/mol. The highest BCUT2D eigenvalue weighted by molar-refractivity contribution is 5.98. The molecule has 1 saturated carbocycles. The number of aliphatic hydroxyl groups excluding tert-OH is 1. The number of carbonyl (C=O) groups excluding carboxylic acids is 1. The molecule has 1 heterocycles. The van der Waals surface area contributed by atoms with E-state index in [1.165, 1.54) is 12.1 Å². The van der Waals surface area contributed by atoms with Gasteiger partial charge in [-0.15, -0.1) is 0 Å². The zero-order valence-corrected chi connectivity index (χ0v) is 12.2. The Morgan fingerprint density at radius 3 is 2.81 bits per heavy atom. The first-order valence-electron chi connectivity index (χ1n) is 7.21. The van der Waals surface area contributed by atoms with E-state index in [9.17, 15) is 14.3 Å². The van der Waals surface area contributed by atoms with Gasteiger partial charge in [-0.25, -0.2) is 4.39 Å². The van der Waals surface area contributed by atoms with E-state index in [0.717, 1.165) is 30.2 Å². The molecule has 2 N–H and O–H groups in total. The summed E-state index contributed by atoms with van der Waals surface area (Å²) < 4.78 is 13.4. The second-order valence-corrected chi connectivity index (χ2v) is 5.85. The fourth-order valence-corrected chi connectivity index (χ4v) is 3.20. The smallest absolute Gasteiger partial charge is 0.270 e. The molecule has 1 aromatic heterocycles. The number of nitrogens with zero attached hydrogens (tertiary/aromatic N) is 1. The Labute approximate surface area is 122 Å². The van der Waals surface area contributed by atoms with Crippen molar-refractivity contribution < 1.29 is 14.3 Å². The zero-order valence-electron chi connectivity index (χ0n) is 12.2. The van der Waals surface area contributed by atoms with E-state index in [1.54, 1.807) is 18.0 Å². The quantitative estimate of drug-likeness (QED) is 0.893. The van der Waals surface area contributed by atoms with Gasteiger partial charge in [0.2, 0.25) is 0 Å². The molecule has 1 aromatic carbocycles. The maximum absolute atomic E-state index is 13.4. The van der Waals surface area contributed by atoms with Gasteiger partial charge in [-0.05, 0) is 49.9 Å². The third kappa shape index (κ3) is 2.42. The lowest BCUT2D eigenvalue weighted by Crippen LogP contribution is -2.41. The van der Waals surface area contributed by atoms with E-state index < -0.39 is 6.10 Å². The number of nitrogens with one attached hydrogen (secondary N) is 1. The van der Waals surface area contributed by atoms with Crippen molar-refractivity contribution in [3.8, 4) is 0 Å². The standard InChI is InChI=1S/C16H19FN2O2/c1-9-6-10(17)7-12-11(9)8-13(18-12)16(21)19(2)14-4-3-5-15(14)20/h6-8,14-15,18,20H,3-5H2,1-2H3/t14-,15-/m1/s1. The van der Waals surface area contributed by atoms with Crippen LogP contribution in [0.1, 0.15) is 35.3 Å². The van der Waals surface area contributed by atoms with E-state index >= 15 is 0 Å². The number of aliphatic hydroxyl groups is 1. The highest BCUT2D eigenvalue weighted by Crippen LogP contribution is 2.26. The van der Waals surface area contributed by atoms with Crippen molar-refractivity contribution in [3.05, 3.63) is 35.3 Å². The van der Waals surface area contributed by atoms with Crippen LogP contribution < -0.4 is 0 Å². The molecular formula is C16H19FN2O2. The van der Waals surface area contributed by atoms with E-state index in [0.29, 0.717) is 11.2 Å². The topological polar surface area (TPSA) is 56.3 Å². The minimum atomic E-state index is -0.456. The number of hydrogen-bond donors (Lipinski definition) is 2. The average molecular weight is 290 g/mol. The molecule has 112 valence electrons. The van der Waals surface area contributed by atoms with Crippen LogP contribution >= 0.6 is 0 Å².